The smallest absolute Gasteiger partial charge is 0.135 e. The second kappa shape index (κ2) is 15.1. The first-order valence-electron chi connectivity index (χ1n) is 20.5. The molecule has 60 heavy (non-hydrogen) atoms. The molecule has 0 saturated heterocycles. The highest BCUT2D eigenvalue weighted by atomic mass is 16.3. The molecule has 0 N–H and O–H groups in total. The molecule has 1 heterocycles. The Labute approximate surface area is 349 Å². The highest BCUT2D eigenvalue weighted by Gasteiger charge is 2.17. The topological polar surface area (TPSA) is 16.4 Å². The number of nitrogens with zero attached hydrogens (tertiary/aromatic N) is 1. The molecule has 0 spiro atoms. The van der Waals surface area contributed by atoms with Gasteiger partial charge in [-0.15, -0.1) is 0 Å². The quantitative estimate of drug-likeness (QED) is 0.153. The Balaban J connectivity index is 0.921. The van der Waals surface area contributed by atoms with Crippen LogP contribution in [0.2, 0.25) is 0 Å². The maximum Gasteiger partial charge on any atom is 0.135 e. The van der Waals surface area contributed by atoms with Gasteiger partial charge in [-0.3, -0.25) is 0 Å². The Hall–Kier alpha value is -7.94. The molecule has 0 fully saturated rings. The van der Waals surface area contributed by atoms with Gasteiger partial charge in [0.1, 0.15) is 11.2 Å². The normalized spacial score (nSPS) is 11.3. The molecule has 0 amide bonds. The number of para-hydroxylation sites is 1. The monoisotopic (exact) mass is 765 g/mol. The summed E-state index contributed by atoms with van der Waals surface area (Å²) in [6.45, 7) is 0. The summed E-state index contributed by atoms with van der Waals surface area (Å²) in [4.78, 5) is 2.35. The average molecular weight is 766 g/mol. The van der Waals surface area contributed by atoms with Crippen LogP contribution >= 0.6 is 0 Å². The van der Waals surface area contributed by atoms with Gasteiger partial charge in [0.15, 0.2) is 0 Å². The summed E-state index contributed by atoms with van der Waals surface area (Å²) in [6.07, 6.45) is 0. The Morgan fingerprint density at radius 3 is 1.40 bits per heavy atom. The number of furan rings is 1. The van der Waals surface area contributed by atoms with Crippen molar-refractivity contribution in [2.24, 2.45) is 0 Å². The van der Waals surface area contributed by atoms with E-state index in [1.54, 1.807) is 0 Å². The lowest BCUT2D eigenvalue weighted by atomic mass is 9.96. The molecule has 0 aliphatic heterocycles. The summed E-state index contributed by atoms with van der Waals surface area (Å²) in [5.41, 5.74) is 16.9. The first-order chi connectivity index (χ1) is 29.7. The van der Waals surface area contributed by atoms with Crippen molar-refractivity contribution in [1.82, 2.24) is 0 Å². The molecule has 10 aromatic carbocycles. The Bertz CT molecular complexity index is 3290. The number of hydrogen-bond donors (Lipinski definition) is 0. The van der Waals surface area contributed by atoms with E-state index >= 15 is 0 Å². The Morgan fingerprint density at radius 1 is 0.233 bits per heavy atom. The van der Waals surface area contributed by atoms with Crippen LogP contribution in [0.25, 0.3) is 88.3 Å². The molecule has 0 saturated carbocycles. The second-order valence-corrected chi connectivity index (χ2v) is 15.4. The first-order valence-corrected chi connectivity index (χ1v) is 20.5. The van der Waals surface area contributed by atoms with Crippen molar-refractivity contribution < 1.29 is 4.42 Å². The maximum absolute atomic E-state index is 6.24. The van der Waals surface area contributed by atoms with Crippen LogP contribution in [-0.4, -0.2) is 0 Å². The predicted octanol–water partition coefficient (Wildman–Crippen LogP) is 16.5. The highest BCUT2D eigenvalue weighted by Crippen LogP contribution is 2.41. The lowest BCUT2D eigenvalue weighted by Crippen LogP contribution is -2.10. The van der Waals surface area contributed by atoms with Crippen molar-refractivity contribution in [3.8, 4) is 55.6 Å². The summed E-state index contributed by atoms with van der Waals surface area (Å²) in [5.74, 6) is 0. The van der Waals surface area contributed by atoms with E-state index in [9.17, 15) is 0 Å². The third-order valence-corrected chi connectivity index (χ3v) is 11.7. The van der Waals surface area contributed by atoms with E-state index in [-0.39, 0.29) is 0 Å². The van der Waals surface area contributed by atoms with Gasteiger partial charge >= 0.3 is 0 Å². The molecule has 0 radical (unpaired) electrons. The molecular formula is C58H39NO. The minimum Gasteiger partial charge on any atom is -0.456 e. The predicted molar refractivity (Wildman–Crippen MR) is 253 cm³/mol. The zero-order valence-corrected chi connectivity index (χ0v) is 32.9. The van der Waals surface area contributed by atoms with Gasteiger partial charge < -0.3 is 9.32 Å². The Morgan fingerprint density at radius 2 is 0.683 bits per heavy atom. The van der Waals surface area contributed by atoms with Crippen LogP contribution < -0.4 is 4.90 Å². The van der Waals surface area contributed by atoms with Crippen molar-refractivity contribution in [2.45, 2.75) is 0 Å². The molecule has 0 atom stereocenters. The fourth-order valence-corrected chi connectivity index (χ4v) is 8.52. The molecule has 2 heteroatoms. The average Bonchev–Trinajstić information content (AvgIpc) is 3.70. The SMILES string of the molecule is c1ccc(-c2ccc(-c3cccc(N(c4ccc(-c5ccc(-c6cccc(-c7ccc8ccccc8c7)c6)cc5)cc4)c4ccc5oc6ccccc6c5c4)c3)cc2)cc1. The van der Waals surface area contributed by atoms with Crippen molar-refractivity contribution in [3.63, 3.8) is 0 Å². The van der Waals surface area contributed by atoms with Crippen molar-refractivity contribution in [3.05, 3.63) is 237 Å². The van der Waals surface area contributed by atoms with E-state index < -0.39 is 0 Å². The largest absolute Gasteiger partial charge is 0.456 e. The van der Waals surface area contributed by atoms with Crippen molar-refractivity contribution in [1.29, 1.82) is 0 Å². The molecule has 11 aromatic rings. The zero-order valence-electron chi connectivity index (χ0n) is 32.9. The van der Waals surface area contributed by atoms with Crippen LogP contribution in [0.15, 0.2) is 241 Å². The van der Waals surface area contributed by atoms with Gasteiger partial charge in [-0.05, 0) is 127 Å². The van der Waals surface area contributed by atoms with Crippen LogP contribution in [0.4, 0.5) is 17.1 Å². The summed E-state index contributed by atoms with van der Waals surface area (Å²) in [7, 11) is 0. The van der Waals surface area contributed by atoms with E-state index in [0.29, 0.717) is 0 Å². The standard InChI is InChI=1S/C58H39NO/c1-2-10-40(11-3-1)42-20-26-46(27-21-42)50-16-9-17-53(38-50)59(54-34-35-58-56(39-54)55-18-6-7-19-57(55)60-58)52-32-30-44(31-33-52)43-22-24-45(25-23-43)48-14-8-15-49(36-48)51-29-28-41-12-4-5-13-47(41)37-51/h1-39H. The third kappa shape index (κ3) is 6.70. The van der Waals surface area contributed by atoms with Gasteiger partial charge in [0.25, 0.3) is 0 Å². The molecular weight excluding hydrogens is 727 g/mol. The van der Waals surface area contributed by atoms with E-state index in [4.69, 9.17) is 4.42 Å². The van der Waals surface area contributed by atoms with Crippen molar-refractivity contribution in [2.75, 3.05) is 4.90 Å². The third-order valence-electron chi connectivity index (χ3n) is 11.7. The fourth-order valence-electron chi connectivity index (χ4n) is 8.52. The molecule has 11 rings (SSSR count). The number of rotatable bonds is 8. The van der Waals surface area contributed by atoms with Crippen LogP contribution in [0.1, 0.15) is 0 Å². The molecule has 0 unspecified atom stereocenters. The lowest BCUT2D eigenvalue weighted by Gasteiger charge is -2.26. The summed E-state index contributed by atoms with van der Waals surface area (Å²) >= 11 is 0. The second-order valence-electron chi connectivity index (χ2n) is 15.4. The number of fused-ring (bicyclic) bond motifs is 4. The molecule has 1 aromatic heterocycles. The van der Waals surface area contributed by atoms with Crippen LogP contribution in [0.5, 0.6) is 0 Å². The molecule has 0 bridgehead atoms. The molecule has 0 aliphatic carbocycles. The van der Waals surface area contributed by atoms with E-state index in [1.807, 2.05) is 12.1 Å². The number of hydrogen-bond acceptors (Lipinski definition) is 2. The van der Waals surface area contributed by atoms with Gasteiger partial charge in [0.05, 0.1) is 0 Å². The van der Waals surface area contributed by atoms with Crippen LogP contribution in [0.3, 0.4) is 0 Å². The summed E-state index contributed by atoms with van der Waals surface area (Å²) in [6, 6.07) is 84.9. The minimum absolute atomic E-state index is 0.881. The lowest BCUT2D eigenvalue weighted by molar-refractivity contribution is 0.669. The van der Waals surface area contributed by atoms with Gasteiger partial charge in [0.2, 0.25) is 0 Å². The fraction of sp³-hybridized carbons (Fsp3) is 0. The summed E-state index contributed by atoms with van der Waals surface area (Å²) < 4.78 is 6.24. The van der Waals surface area contributed by atoms with E-state index in [1.165, 1.54) is 60.8 Å². The van der Waals surface area contributed by atoms with Gasteiger partial charge in [-0.25, -0.2) is 0 Å². The number of benzene rings is 10. The van der Waals surface area contributed by atoms with Crippen LogP contribution in [0, 0.1) is 0 Å². The summed E-state index contributed by atoms with van der Waals surface area (Å²) in [5, 5.41) is 4.72. The first kappa shape index (κ1) is 35.2. The van der Waals surface area contributed by atoms with E-state index in [2.05, 4.69) is 229 Å². The van der Waals surface area contributed by atoms with Crippen LogP contribution in [-0.2, 0) is 0 Å². The van der Waals surface area contributed by atoms with Gasteiger partial charge in [-0.2, -0.15) is 0 Å². The van der Waals surface area contributed by atoms with Gasteiger partial charge in [-0.1, -0.05) is 176 Å². The number of anilines is 3. The zero-order chi connectivity index (χ0) is 39.8. The molecule has 0 aliphatic rings. The minimum atomic E-state index is 0.881. The highest BCUT2D eigenvalue weighted by molar-refractivity contribution is 6.06. The van der Waals surface area contributed by atoms with Gasteiger partial charge in [0, 0.05) is 27.8 Å². The van der Waals surface area contributed by atoms with Crippen molar-refractivity contribution >= 4 is 49.8 Å². The maximum atomic E-state index is 6.24. The Kier molecular flexibility index (Phi) is 8.87. The van der Waals surface area contributed by atoms with E-state index in [0.717, 1.165) is 44.6 Å². The molecule has 2 nitrogen and oxygen atoms in total. The molecule has 282 valence electrons.